The van der Waals surface area contributed by atoms with Gasteiger partial charge in [0.15, 0.2) is 0 Å². The highest BCUT2D eigenvalue weighted by atomic mass is 16.2. The number of fused-ring (bicyclic) bond motifs is 1. The van der Waals surface area contributed by atoms with E-state index in [-0.39, 0.29) is 5.91 Å². The third kappa shape index (κ3) is 1.90. The summed E-state index contributed by atoms with van der Waals surface area (Å²) in [7, 11) is 0. The van der Waals surface area contributed by atoms with Gasteiger partial charge < -0.3 is 5.32 Å². The van der Waals surface area contributed by atoms with Crippen LogP contribution in [-0.4, -0.2) is 22.1 Å². The molecule has 1 aliphatic rings. The molecule has 1 N–H and O–H groups in total. The van der Waals surface area contributed by atoms with Gasteiger partial charge in [-0.1, -0.05) is 6.07 Å². The topological polar surface area (TPSA) is 67.2 Å². The summed E-state index contributed by atoms with van der Waals surface area (Å²) in [5.41, 5.74) is 2.58. The number of rotatable bonds is 1. The van der Waals surface area contributed by atoms with Crippen molar-refractivity contribution in [3.63, 3.8) is 0 Å². The summed E-state index contributed by atoms with van der Waals surface area (Å²) in [5.74, 6) is 0.343. The smallest absolute Gasteiger partial charge is 0.268 e. The predicted molar refractivity (Wildman–Crippen MR) is 64.1 cm³/mol. The molecule has 0 radical (unpaired) electrons. The van der Waals surface area contributed by atoms with Gasteiger partial charge in [-0.3, -0.25) is 14.8 Å². The molecule has 0 spiro atoms. The highest BCUT2D eigenvalue weighted by molar-refractivity contribution is 6.29. The fraction of sp³-hybridized carbons (Fsp3) is 0. The van der Waals surface area contributed by atoms with Gasteiger partial charge in [0.1, 0.15) is 5.82 Å². The van der Waals surface area contributed by atoms with Crippen LogP contribution in [0.1, 0.15) is 5.56 Å². The van der Waals surface area contributed by atoms with Gasteiger partial charge >= 0.3 is 0 Å². The van der Waals surface area contributed by atoms with Crippen LogP contribution in [0.3, 0.4) is 0 Å². The summed E-state index contributed by atoms with van der Waals surface area (Å²) in [6, 6.07) is 5.69. The molecule has 5 heteroatoms. The maximum atomic E-state index is 10.9. The Morgan fingerprint density at radius 1 is 1.12 bits per heavy atom. The molecule has 5 nitrogen and oxygen atoms in total. The molecule has 0 aliphatic carbocycles. The van der Waals surface area contributed by atoms with Gasteiger partial charge in [0.25, 0.3) is 5.91 Å². The van der Waals surface area contributed by atoms with Gasteiger partial charge in [-0.15, -0.1) is 0 Å². The lowest BCUT2D eigenvalue weighted by Gasteiger charge is -1.99. The van der Waals surface area contributed by atoms with Crippen molar-refractivity contribution in [3.8, 4) is 0 Å². The Balaban J connectivity index is 2.01. The highest BCUT2D eigenvalue weighted by Gasteiger charge is 2.07. The Kier molecular flexibility index (Phi) is 2.15. The lowest BCUT2D eigenvalue weighted by atomic mass is 10.2. The van der Waals surface area contributed by atoms with Crippen LogP contribution in [0.5, 0.6) is 0 Å². The van der Waals surface area contributed by atoms with Crippen molar-refractivity contribution in [2.45, 2.75) is 0 Å². The summed E-state index contributed by atoms with van der Waals surface area (Å²) in [5, 5.41) is 2.61. The van der Waals surface area contributed by atoms with E-state index >= 15 is 0 Å². The number of aromatic nitrogens is 2. The van der Waals surface area contributed by atoms with E-state index in [0.717, 1.165) is 16.6 Å². The minimum absolute atomic E-state index is 0.197. The van der Waals surface area contributed by atoms with Crippen LogP contribution in [0.15, 0.2) is 41.4 Å². The number of carbonyl (C=O) groups excluding carboxylic acids is 1. The molecule has 0 saturated heterocycles. The van der Waals surface area contributed by atoms with Crippen molar-refractivity contribution in [3.05, 3.63) is 42.0 Å². The minimum atomic E-state index is -0.197. The van der Waals surface area contributed by atoms with E-state index in [1.165, 1.54) is 6.21 Å². The zero-order chi connectivity index (χ0) is 11.7. The molecule has 82 valence electrons. The Morgan fingerprint density at radius 2 is 1.94 bits per heavy atom. The van der Waals surface area contributed by atoms with Crippen molar-refractivity contribution in [2.24, 2.45) is 4.99 Å². The third-order valence-corrected chi connectivity index (χ3v) is 2.37. The first-order chi connectivity index (χ1) is 8.31. The van der Waals surface area contributed by atoms with E-state index in [2.05, 4.69) is 20.3 Å². The SMILES string of the molecule is O=C1C=NC(=Cc2ccc3nccnc3c2)N1. The number of benzene rings is 1. The van der Waals surface area contributed by atoms with E-state index in [1.54, 1.807) is 18.5 Å². The second-order valence-electron chi connectivity index (χ2n) is 3.58. The van der Waals surface area contributed by atoms with Crippen LogP contribution in [0.25, 0.3) is 17.1 Å². The van der Waals surface area contributed by atoms with Gasteiger partial charge in [0.2, 0.25) is 0 Å². The second-order valence-corrected chi connectivity index (χ2v) is 3.58. The lowest BCUT2D eigenvalue weighted by Crippen LogP contribution is -2.14. The Bertz CT molecular complexity index is 660. The Hall–Kier alpha value is -2.56. The summed E-state index contributed by atoms with van der Waals surface area (Å²) < 4.78 is 0. The van der Waals surface area contributed by atoms with Gasteiger partial charge in [-0.2, -0.15) is 0 Å². The van der Waals surface area contributed by atoms with Crippen molar-refractivity contribution in [1.29, 1.82) is 0 Å². The number of aliphatic imine (C=N–C) groups is 1. The standard InChI is InChI=1S/C12H8N4O/c17-12-7-15-11(16-12)6-8-1-2-9-10(5-8)14-4-3-13-9/h1-7H,(H,16,17). The van der Waals surface area contributed by atoms with Gasteiger partial charge in [0.05, 0.1) is 17.2 Å². The molecule has 0 fully saturated rings. The Morgan fingerprint density at radius 3 is 2.71 bits per heavy atom. The van der Waals surface area contributed by atoms with Crippen LogP contribution < -0.4 is 5.32 Å². The maximum Gasteiger partial charge on any atom is 0.268 e. The zero-order valence-electron chi connectivity index (χ0n) is 8.79. The fourth-order valence-electron chi connectivity index (χ4n) is 1.62. The van der Waals surface area contributed by atoms with E-state index in [9.17, 15) is 4.79 Å². The van der Waals surface area contributed by atoms with Crippen molar-refractivity contribution < 1.29 is 4.79 Å². The number of hydrogen-bond donors (Lipinski definition) is 1. The largest absolute Gasteiger partial charge is 0.306 e. The molecule has 17 heavy (non-hydrogen) atoms. The number of carbonyl (C=O) groups is 1. The third-order valence-electron chi connectivity index (χ3n) is 2.37. The van der Waals surface area contributed by atoms with E-state index < -0.39 is 0 Å². The van der Waals surface area contributed by atoms with Gasteiger partial charge in [-0.05, 0) is 23.8 Å². The average molecular weight is 224 g/mol. The van der Waals surface area contributed by atoms with Crippen molar-refractivity contribution in [1.82, 2.24) is 15.3 Å². The first-order valence-corrected chi connectivity index (χ1v) is 5.09. The molecule has 1 amide bonds. The molecule has 1 aliphatic heterocycles. The van der Waals surface area contributed by atoms with Crippen LogP contribution >= 0.6 is 0 Å². The van der Waals surface area contributed by atoms with Gasteiger partial charge in [-0.25, -0.2) is 4.99 Å². The maximum absolute atomic E-state index is 10.9. The van der Waals surface area contributed by atoms with Crippen molar-refractivity contribution >= 4 is 29.2 Å². The molecule has 3 rings (SSSR count). The van der Waals surface area contributed by atoms with Crippen LogP contribution in [0.2, 0.25) is 0 Å². The summed E-state index contributed by atoms with van der Waals surface area (Å²) >= 11 is 0. The molecule has 2 aromatic rings. The summed E-state index contributed by atoms with van der Waals surface area (Å²) in [4.78, 5) is 23.3. The molecule has 0 atom stereocenters. The van der Waals surface area contributed by atoms with E-state index in [4.69, 9.17) is 0 Å². The first-order valence-electron chi connectivity index (χ1n) is 5.09. The molecular formula is C12H8N4O. The van der Waals surface area contributed by atoms with Gasteiger partial charge in [0, 0.05) is 12.4 Å². The van der Waals surface area contributed by atoms with Crippen LogP contribution in [0, 0.1) is 0 Å². The first kappa shape index (κ1) is 9.65. The highest BCUT2D eigenvalue weighted by Crippen LogP contribution is 2.14. The minimum Gasteiger partial charge on any atom is -0.306 e. The van der Waals surface area contributed by atoms with Crippen molar-refractivity contribution in [2.75, 3.05) is 0 Å². The summed E-state index contributed by atoms with van der Waals surface area (Å²) in [6.07, 6.45) is 6.35. The van der Waals surface area contributed by atoms with E-state index in [1.807, 2.05) is 18.2 Å². The molecule has 0 saturated carbocycles. The summed E-state index contributed by atoms with van der Waals surface area (Å²) in [6.45, 7) is 0. The molecular weight excluding hydrogens is 216 g/mol. The van der Waals surface area contributed by atoms with E-state index in [0.29, 0.717) is 5.82 Å². The van der Waals surface area contributed by atoms with Crippen LogP contribution in [0.4, 0.5) is 0 Å². The number of hydrogen-bond acceptors (Lipinski definition) is 4. The number of nitrogens with zero attached hydrogens (tertiary/aromatic N) is 3. The molecule has 1 aromatic carbocycles. The van der Waals surface area contributed by atoms with Crippen LogP contribution in [-0.2, 0) is 4.79 Å². The number of amides is 1. The molecule has 0 bridgehead atoms. The quantitative estimate of drug-likeness (QED) is 0.789. The molecule has 0 unspecified atom stereocenters. The lowest BCUT2D eigenvalue weighted by molar-refractivity contribution is -0.113. The Labute approximate surface area is 96.9 Å². The molecule has 1 aromatic heterocycles. The number of nitrogens with one attached hydrogen (secondary N) is 1. The predicted octanol–water partition coefficient (Wildman–Crippen LogP) is 1.13. The fourth-order valence-corrected chi connectivity index (χ4v) is 1.62. The average Bonchev–Trinajstić information content (AvgIpc) is 2.75. The second kappa shape index (κ2) is 3.79. The normalized spacial score (nSPS) is 16.7. The monoisotopic (exact) mass is 224 g/mol. The zero-order valence-corrected chi connectivity index (χ0v) is 8.79. The molecule has 2 heterocycles.